The van der Waals surface area contributed by atoms with E-state index in [-0.39, 0.29) is 5.78 Å². The summed E-state index contributed by atoms with van der Waals surface area (Å²) >= 11 is 3.45. The number of hydrogen-bond acceptors (Lipinski definition) is 3. The highest BCUT2D eigenvalue weighted by Crippen LogP contribution is 2.18. The third kappa shape index (κ3) is 3.44. The first kappa shape index (κ1) is 14.7. The minimum absolute atomic E-state index is 0.191. The zero-order chi connectivity index (χ0) is 14.0. The summed E-state index contributed by atoms with van der Waals surface area (Å²) in [5.74, 6) is 0.191. The molecule has 0 N–H and O–H groups in total. The van der Waals surface area contributed by atoms with Crippen LogP contribution in [-0.2, 0) is 0 Å². The Hall–Kier alpha value is -0.710. The smallest absolute Gasteiger partial charge is 0.177 e. The van der Waals surface area contributed by atoms with Crippen LogP contribution in [0.4, 0.5) is 0 Å². The summed E-state index contributed by atoms with van der Waals surface area (Å²) in [6.07, 6.45) is 0. The summed E-state index contributed by atoms with van der Waals surface area (Å²) in [6, 6.07) is 8.64. The molecule has 1 aliphatic heterocycles. The first-order valence-electron chi connectivity index (χ1n) is 6.71. The normalized spacial score (nSPS) is 25.5. The Balaban J connectivity index is 2.02. The predicted molar refractivity (Wildman–Crippen MR) is 81.6 cm³/mol. The molecule has 0 aliphatic carbocycles. The molecule has 0 aromatic heterocycles. The first-order valence-corrected chi connectivity index (χ1v) is 7.50. The predicted octanol–water partition coefficient (Wildman–Crippen LogP) is 2.66. The van der Waals surface area contributed by atoms with E-state index < -0.39 is 0 Å². The number of Topliss-reactive ketones (excluding diaryl/α,β-unsaturated/α-hetero) is 1. The van der Waals surface area contributed by atoms with Gasteiger partial charge in [-0.05, 0) is 27.0 Å². The Morgan fingerprint density at radius 2 is 1.84 bits per heavy atom. The number of halogens is 1. The van der Waals surface area contributed by atoms with E-state index in [2.05, 4.69) is 46.6 Å². The highest BCUT2D eigenvalue weighted by Gasteiger charge is 2.27. The number of carbonyl (C=O) groups is 1. The van der Waals surface area contributed by atoms with Crippen molar-refractivity contribution in [3.8, 4) is 0 Å². The van der Waals surface area contributed by atoms with Gasteiger partial charge in [-0.15, -0.1) is 0 Å². The second kappa shape index (κ2) is 6.16. The molecule has 19 heavy (non-hydrogen) atoms. The fourth-order valence-corrected chi connectivity index (χ4v) is 3.12. The topological polar surface area (TPSA) is 23.6 Å². The SMILES string of the molecule is CC1CN(CC(=O)c2ccccc2Br)CC(C)N1C. The quantitative estimate of drug-likeness (QED) is 0.799. The van der Waals surface area contributed by atoms with Gasteiger partial charge in [-0.25, -0.2) is 0 Å². The van der Waals surface area contributed by atoms with Crippen LogP contribution in [0.3, 0.4) is 0 Å². The van der Waals surface area contributed by atoms with Crippen molar-refractivity contribution in [1.29, 1.82) is 0 Å². The molecule has 0 saturated carbocycles. The number of likely N-dealkylation sites (N-methyl/N-ethyl adjacent to an activating group) is 1. The van der Waals surface area contributed by atoms with Gasteiger partial charge in [0.2, 0.25) is 0 Å². The van der Waals surface area contributed by atoms with Gasteiger partial charge in [0, 0.05) is 35.2 Å². The molecule has 1 aromatic carbocycles. The van der Waals surface area contributed by atoms with Gasteiger partial charge in [-0.3, -0.25) is 14.6 Å². The third-order valence-corrected chi connectivity index (χ3v) is 4.67. The van der Waals surface area contributed by atoms with Crippen LogP contribution in [0, 0.1) is 0 Å². The van der Waals surface area contributed by atoms with E-state index in [1.54, 1.807) is 0 Å². The van der Waals surface area contributed by atoms with Crippen LogP contribution in [0.15, 0.2) is 28.7 Å². The molecule has 1 fully saturated rings. The third-order valence-electron chi connectivity index (χ3n) is 3.98. The van der Waals surface area contributed by atoms with Crippen LogP contribution in [0.2, 0.25) is 0 Å². The fraction of sp³-hybridized carbons (Fsp3) is 0.533. The lowest BCUT2D eigenvalue weighted by Crippen LogP contribution is -2.55. The summed E-state index contributed by atoms with van der Waals surface area (Å²) < 4.78 is 0.884. The van der Waals surface area contributed by atoms with Crippen molar-refractivity contribution < 1.29 is 4.79 Å². The van der Waals surface area contributed by atoms with Gasteiger partial charge in [0.1, 0.15) is 0 Å². The molecule has 0 bridgehead atoms. The van der Waals surface area contributed by atoms with Crippen molar-refractivity contribution in [3.05, 3.63) is 34.3 Å². The van der Waals surface area contributed by atoms with Crippen molar-refractivity contribution in [2.24, 2.45) is 0 Å². The molecule has 104 valence electrons. The van der Waals surface area contributed by atoms with Crippen molar-refractivity contribution in [2.75, 3.05) is 26.7 Å². The molecule has 1 aliphatic rings. The summed E-state index contributed by atoms with van der Waals surface area (Å²) in [4.78, 5) is 17.0. The van der Waals surface area contributed by atoms with Crippen molar-refractivity contribution in [1.82, 2.24) is 9.80 Å². The second-order valence-electron chi connectivity index (χ2n) is 5.46. The largest absolute Gasteiger partial charge is 0.298 e. The van der Waals surface area contributed by atoms with Crippen LogP contribution < -0.4 is 0 Å². The molecule has 2 atom stereocenters. The number of ketones is 1. The fourth-order valence-electron chi connectivity index (χ4n) is 2.62. The van der Waals surface area contributed by atoms with E-state index in [0.717, 1.165) is 23.1 Å². The van der Waals surface area contributed by atoms with Gasteiger partial charge in [0.25, 0.3) is 0 Å². The van der Waals surface area contributed by atoms with Crippen molar-refractivity contribution >= 4 is 21.7 Å². The monoisotopic (exact) mass is 324 g/mol. The van der Waals surface area contributed by atoms with Crippen LogP contribution in [0.5, 0.6) is 0 Å². The Bertz CT molecular complexity index is 451. The highest BCUT2D eigenvalue weighted by molar-refractivity contribution is 9.10. The average molecular weight is 325 g/mol. The van der Waals surface area contributed by atoms with Gasteiger partial charge in [-0.1, -0.05) is 34.1 Å². The van der Waals surface area contributed by atoms with Gasteiger partial charge >= 0.3 is 0 Å². The van der Waals surface area contributed by atoms with Crippen LogP contribution >= 0.6 is 15.9 Å². The minimum Gasteiger partial charge on any atom is -0.298 e. The zero-order valence-corrected chi connectivity index (χ0v) is 13.4. The van der Waals surface area contributed by atoms with Gasteiger partial charge in [-0.2, -0.15) is 0 Å². The molecule has 4 heteroatoms. The standard InChI is InChI=1S/C15H21BrN2O/c1-11-8-18(9-12(2)17(11)3)10-15(19)13-6-4-5-7-14(13)16/h4-7,11-12H,8-10H2,1-3H3. The van der Waals surface area contributed by atoms with E-state index in [9.17, 15) is 4.79 Å². The van der Waals surface area contributed by atoms with E-state index in [1.807, 2.05) is 24.3 Å². The molecule has 0 radical (unpaired) electrons. The van der Waals surface area contributed by atoms with Gasteiger partial charge in [0.15, 0.2) is 5.78 Å². The van der Waals surface area contributed by atoms with Crippen LogP contribution in [0.1, 0.15) is 24.2 Å². The van der Waals surface area contributed by atoms with Gasteiger partial charge in [0.05, 0.1) is 6.54 Å². The zero-order valence-electron chi connectivity index (χ0n) is 11.8. The lowest BCUT2D eigenvalue weighted by atomic mass is 10.1. The maximum atomic E-state index is 12.3. The van der Waals surface area contributed by atoms with E-state index >= 15 is 0 Å². The summed E-state index contributed by atoms with van der Waals surface area (Å²) in [7, 11) is 2.16. The molecule has 0 amide bonds. The van der Waals surface area contributed by atoms with Crippen LogP contribution in [-0.4, -0.2) is 54.3 Å². The molecule has 1 aromatic rings. The average Bonchev–Trinajstić information content (AvgIpc) is 2.36. The number of rotatable bonds is 3. The first-order chi connectivity index (χ1) is 8.99. The molecular weight excluding hydrogens is 304 g/mol. The molecule has 1 heterocycles. The van der Waals surface area contributed by atoms with Gasteiger partial charge < -0.3 is 0 Å². The lowest BCUT2D eigenvalue weighted by Gasteiger charge is -2.42. The molecule has 0 spiro atoms. The molecule has 3 nitrogen and oxygen atoms in total. The Kier molecular flexibility index (Phi) is 4.76. The summed E-state index contributed by atoms with van der Waals surface area (Å²) in [5.41, 5.74) is 0.779. The maximum absolute atomic E-state index is 12.3. The Labute approximate surface area is 123 Å². The number of piperazine rings is 1. The number of nitrogens with zero attached hydrogens (tertiary/aromatic N) is 2. The Morgan fingerprint density at radius 3 is 2.42 bits per heavy atom. The molecular formula is C15H21BrN2O. The highest BCUT2D eigenvalue weighted by atomic mass is 79.9. The van der Waals surface area contributed by atoms with E-state index in [0.29, 0.717) is 18.6 Å². The molecule has 2 rings (SSSR count). The second-order valence-corrected chi connectivity index (χ2v) is 6.31. The van der Waals surface area contributed by atoms with Crippen molar-refractivity contribution in [2.45, 2.75) is 25.9 Å². The molecule has 1 saturated heterocycles. The lowest BCUT2D eigenvalue weighted by molar-refractivity contribution is 0.0549. The summed E-state index contributed by atoms with van der Waals surface area (Å²) in [6.45, 7) is 6.84. The van der Waals surface area contributed by atoms with Crippen molar-refractivity contribution in [3.63, 3.8) is 0 Å². The number of carbonyl (C=O) groups excluding carboxylic acids is 1. The molecule has 2 unspecified atom stereocenters. The van der Waals surface area contributed by atoms with E-state index in [1.165, 1.54) is 0 Å². The Morgan fingerprint density at radius 1 is 1.26 bits per heavy atom. The van der Waals surface area contributed by atoms with Crippen LogP contribution in [0.25, 0.3) is 0 Å². The summed E-state index contributed by atoms with van der Waals surface area (Å²) in [5, 5.41) is 0. The maximum Gasteiger partial charge on any atom is 0.177 e. The number of benzene rings is 1. The van der Waals surface area contributed by atoms with E-state index in [4.69, 9.17) is 0 Å². The number of hydrogen-bond donors (Lipinski definition) is 0. The minimum atomic E-state index is 0.191.